The second-order valence-corrected chi connectivity index (χ2v) is 7.00. The molecule has 0 heterocycles. The van der Waals surface area contributed by atoms with Crippen molar-refractivity contribution in [1.82, 2.24) is 0 Å². The summed E-state index contributed by atoms with van der Waals surface area (Å²) >= 11 is 0. The molecule has 2 aromatic carbocycles. The van der Waals surface area contributed by atoms with Gasteiger partial charge in [0.15, 0.2) is 0 Å². The molecule has 1 aliphatic rings. The zero-order chi connectivity index (χ0) is 15.9. The molecular formula is C23H30. The summed E-state index contributed by atoms with van der Waals surface area (Å²) < 4.78 is 0. The van der Waals surface area contributed by atoms with Crippen molar-refractivity contribution in [2.45, 2.75) is 71.1 Å². The number of fused-ring (bicyclic) bond motifs is 3. The lowest BCUT2D eigenvalue weighted by Gasteiger charge is -2.08. The van der Waals surface area contributed by atoms with Crippen LogP contribution >= 0.6 is 0 Å². The molecule has 0 saturated heterocycles. The van der Waals surface area contributed by atoms with E-state index in [1.807, 2.05) is 0 Å². The quantitative estimate of drug-likeness (QED) is 0.375. The molecule has 0 bridgehead atoms. The SMILES string of the molecule is CCCCCCCCCCc1cccc2c1Cc1ccccc1-2. The van der Waals surface area contributed by atoms with Gasteiger partial charge in [-0.25, -0.2) is 0 Å². The Morgan fingerprint density at radius 3 is 2.22 bits per heavy atom. The molecule has 0 nitrogen and oxygen atoms in total. The molecule has 0 N–H and O–H groups in total. The molecule has 0 aromatic heterocycles. The zero-order valence-corrected chi connectivity index (χ0v) is 14.6. The largest absolute Gasteiger partial charge is 0.0654 e. The van der Waals surface area contributed by atoms with Gasteiger partial charge < -0.3 is 0 Å². The van der Waals surface area contributed by atoms with Crippen molar-refractivity contribution in [2.75, 3.05) is 0 Å². The molecule has 0 spiro atoms. The third kappa shape index (κ3) is 4.05. The van der Waals surface area contributed by atoms with Gasteiger partial charge in [-0.3, -0.25) is 0 Å². The third-order valence-corrected chi connectivity index (χ3v) is 5.25. The molecule has 0 unspecified atom stereocenters. The van der Waals surface area contributed by atoms with E-state index in [0.29, 0.717) is 0 Å². The number of hydrogen-bond acceptors (Lipinski definition) is 0. The molecular weight excluding hydrogens is 276 g/mol. The van der Waals surface area contributed by atoms with Crippen molar-refractivity contribution >= 4 is 0 Å². The summed E-state index contributed by atoms with van der Waals surface area (Å²) in [7, 11) is 0. The topological polar surface area (TPSA) is 0 Å². The number of benzene rings is 2. The summed E-state index contributed by atoms with van der Waals surface area (Å²) in [6.07, 6.45) is 13.6. The van der Waals surface area contributed by atoms with Crippen LogP contribution < -0.4 is 0 Å². The molecule has 0 aliphatic heterocycles. The minimum atomic E-state index is 1.14. The fourth-order valence-corrected chi connectivity index (χ4v) is 3.91. The molecule has 2 aromatic rings. The molecule has 0 heteroatoms. The second kappa shape index (κ2) is 8.34. The van der Waals surface area contributed by atoms with Crippen LogP contribution in [-0.4, -0.2) is 0 Å². The summed E-state index contributed by atoms with van der Waals surface area (Å²) in [5.74, 6) is 0. The fraction of sp³-hybridized carbons (Fsp3) is 0.478. The Balaban J connectivity index is 1.49. The average Bonchev–Trinajstić information content (AvgIpc) is 2.97. The molecule has 3 rings (SSSR count). The molecule has 0 saturated carbocycles. The van der Waals surface area contributed by atoms with Gasteiger partial charge in [-0.15, -0.1) is 0 Å². The van der Waals surface area contributed by atoms with Crippen molar-refractivity contribution in [2.24, 2.45) is 0 Å². The van der Waals surface area contributed by atoms with Crippen molar-refractivity contribution in [3.8, 4) is 11.1 Å². The van der Waals surface area contributed by atoms with E-state index in [9.17, 15) is 0 Å². The van der Waals surface area contributed by atoms with Gasteiger partial charge in [-0.2, -0.15) is 0 Å². The normalized spacial score (nSPS) is 12.2. The molecule has 0 fully saturated rings. The number of hydrogen-bond donors (Lipinski definition) is 0. The molecule has 122 valence electrons. The predicted molar refractivity (Wildman–Crippen MR) is 101 cm³/mol. The molecule has 1 aliphatic carbocycles. The first kappa shape index (κ1) is 16.3. The van der Waals surface area contributed by atoms with Crippen molar-refractivity contribution in [3.63, 3.8) is 0 Å². The zero-order valence-electron chi connectivity index (χ0n) is 14.6. The number of unbranched alkanes of at least 4 members (excludes halogenated alkanes) is 7. The Hall–Kier alpha value is -1.56. The smallest absolute Gasteiger partial charge is 0.00107 e. The van der Waals surface area contributed by atoms with Gasteiger partial charge in [0.25, 0.3) is 0 Å². The lowest BCUT2D eigenvalue weighted by atomic mass is 9.96. The van der Waals surface area contributed by atoms with E-state index in [2.05, 4.69) is 49.4 Å². The summed E-state index contributed by atoms with van der Waals surface area (Å²) in [4.78, 5) is 0. The maximum Gasteiger partial charge on any atom is -0.00107 e. The monoisotopic (exact) mass is 306 g/mol. The van der Waals surface area contributed by atoms with Gasteiger partial charge in [0, 0.05) is 0 Å². The lowest BCUT2D eigenvalue weighted by Crippen LogP contribution is -1.93. The predicted octanol–water partition coefficient (Wildman–Crippen LogP) is 6.94. The Kier molecular flexibility index (Phi) is 5.91. The van der Waals surface area contributed by atoms with Crippen LogP contribution in [-0.2, 0) is 12.8 Å². The van der Waals surface area contributed by atoms with E-state index in [0.717, 1.165) is 6.42 Å². The summed E-state index contributed by atoms with van der Waals surface area (Å²) in [5.41, 5.74) is 7.63. The lowest BCUT2D eigenvalue weighted by molar-refractivity contribution is 0.575. The van der Waals surface area contributed by atoms with Crippen LogP contribution in [0.25, 0.3) is 11.1 Å². The van der Waals surface area contributed by atoms with Crippen LogP contribution in [0.4, 0.5) is 0 Å². The van der Waals surface area contributed by atoms with Gasteiger partial charge in [-0.1, -0.05) is 94.3 Å². The summed E-state index contributed by atoms with van der Waals surface area (Å²) in [6.45, 7) is 2.29. The van der Waals surface area contributed by atoms with E-state index in [1.54, 1.807) is 11.1 Å². The van der Waals surface area contributed by atoms with Crippen molar-refractivity contribution < 1.29 is 0 Å². The van der Waals surface area contributed by atoms with Crippen molar-refractivity contribution in [1.29, 1.82) is 0 Å². The highest BCUT2D eigenvalue weighted by Gasteiger charge is 2.19. The minimum absolute atomic E-state index is 1.14. The van der Waals surface area contributed by atoms with Crippen LogP contribution in [0.2, 0.25) is 0 Å². The van der Waals surface area contributed by atoms with Crippen LogP contribution in [0.3, 0.4) is 0 Å². The fourth-order valence-electron chi connectivity index (χ4n) is 3.91. The van der Waals surface area contributed by atoms with E-state index in [1.165, 1.54) is 74.5 Å². The molecule has 23 heavy (non-hydrogen) atoms. The Morgan fingerprint density at radius 2 is 1.39 bits per heavy atom. The Labute approximate surface area is 141 Å². The maximum absolute atomic E-state index is 2.35. The van der Waals surface area contributed by atoms with Gasteiger partial charge in [-0.05, 0) is 47.1 Å². The van der Waals surface area contributed by atoms with Crippen LogP contribution in [0, 0.1) is 0 Å². The van der Waals surface area contributed by atoms with Crippen LogP contribution in [0.5, 0.6) is 0 Å². The first-order valence-electron chi connectivity index (χ1n) is 9.59. The molecule has 0 amide bonds. The number of aryl methyl sites for hydroxylation is 1. The Morgan fingerprint density at radius 1 is 0.696 bits per heavy atom. The van der Waals surface area contributed by atoms with Crippen LogP contribution in [0.1, 0.15) is 75.0 Å². The van der Waals surface area contributed by atoms with Gasteiger partial charge in [0.2, 0.25) is 0 Å². The summed E-state index contributed by atoms with van der Waals surface area (Å²) in [6, 6.07) is 15.8. The average molecular weight is 306 g/mol. The number of rotatable bonds is 9. The third-order valence-electron chi connectivity index (χ3n) is 5.25. The first-order chi connectivity index (χ1) is 11.4. The maximum atomic E-state index is 2.35. The van der Waals surface area contributed by atoms with Gasteiger partial charge in [0.1, 0.15) is 0 Å². The highest BCUT2D eigenvalue weighted by atomic mass is 14.2. The van der Waals surface area contributed by atoms with E-state index >= 15 is 0 Å². The van der Waals surface area contributed by atoms with E-state index in [4.69, 9.17) is 0 Å². The second-order valence-electron chi connectivity index (χ2n) is 7.00. The van der Waals surface area contributed by atoms with Crippen LogP contribution in [0.15, 0.2) is 42.5 Å². The van der Waals surface area contributed by atoms with E-state index < -0.39 is 0 Å². The standard InChI is InChI=1S/C23H30/c1-2-3-4-5-6-7-8-9-13-19-15-12-17-22-21-16-11-10-14-20(21)18-23(19)22/h10-12,14-17H,2-9,13,18H2,1H3. The molecule has 0 radical (unpaired) electrons. The minimum Gasteiger partial charge on any atom is -0.0654 e. The van der Waals surface area contributed by atoms with E-state index in [-0.39, 0.29) is 0 Å². The summed E-state index contributed by atoms with van der Waals surface area (Å²) in [5, 5.41) is 0. The van der Waals surface area contributed by atoms with Gasteiger partial charge in [0.05, 0.1) is 0 Å². The Bertz CT molecular complexity index is 624. The first-order valence-corrected chi connectivity index (χ1v) is 9.59. The van der Waals surface area contributed by atoms with Gasteiger partial charge >= 0.3 is 0 Å². The molecule has 0 atom stereocenters. The van der Waals surface area contributed by atoms with Crippen molar-refractivity contribution in [3.05, 3.63) is 59.2 Å². The highest BCUT2D eigenvalue weighted by Crippen LogP contribution is 2.38. The highest BCUT2D eigenvalue weighted by molar-refractivity contribution is 5.77.